The molecule has 2 N–H and O–H groups in total. The molecule has 0 spiro atoms. The minimum atomic E-state index is -0.523. The van der Waals surface area contributed by atoms with E-state index in [1.165, 1.54) is 6.07 Å². The molecule has 0 saturated heterocycles. The van der Waals surface area contributed by atoms with Gasteiger partial charge in [-0.2, -0.15) is 11.8 Å². The third kappa shape index (κ3) is 4.67. The molecule has 1 heterocycles. The average Bonchev–Trinajstić information content (AvgIpc) is 3.29. The number of fused-ring (bicyclic) bond motifs is 2. The first-order chi connectivity index (χ1) is 14.8. The molecule has 2 bridgehead atoms. The first-order valence-electron chi connectivity index (χ1n) is 10.1. The fraction of sp³-hybridized carbons (Fsp3) is 0.476. The standard InChI is InChI=1S/C21H22ClFN4O3S/c22-21-25-10-16(23)17(26-21)9-15-14-7-12(19(15)20(24)28)8-18(14)31-5-4-11-2-1-3-13(6-11)27(29)30/h1-3,6,10,12,14-15,18-19H,4-5,7-9H2,(H2,24,28)/t12-,14+,15-,18-,19+/m1/s1. The molecule has 0 radical (unpaired) electrons. The summed E-state index contributed by atoms with van der Waals surface area (Å²) in [6.45, 7) is 0. The Morgan fingerprint density at radius 3 is 2.94 bits per heavy atom. The van der Waals surface area contributed by atoms with Crippen molar-refractivity contribution >= 4 is 35.0 Å². The molecule has 2 saturated carbocycles. The molecule has 0 aliphatic heterocycles. The molecule has 0 unspecified atom stereocenters. The van der Waals surface area contributed by atoms with E-state index in [1.807, 2.05) is 17.8 Å². The lowest BCUT2D eigenvalue weighted by Crippen LogP contribution is -2.39. The van der Waals surface area contributed by atoms with Crippen LogP contribution >= 0.6 is 23.4 Å². The number of hydrogen-bond donors (Lipinski definition) is 1. The topological polar surface area (TPSA) is 112 Å². The number of benzene rings is 1. The Hall–Kier alpha value is -2.26. The van der Waals surface area contributed by atoms with Gasteiger partial charge in [0.1, 0.15) is 0 Å². The molecule has 1 aromatic heterocycles. The van der Waals surface area contributed by atoms with Gasteiger partial charge in [-0.3, -0.25) is 14.9 Å². The van der Waals surface area contributed by atoms with Crippen molar-refractivity contribution in [2.24, 2.45) is 29.4 Å². The summed E-state index contributed by atoms with van der Waals surface area (Å²) in [6, 6.07) is 6.68. The predicted molar refractivity (Wildman–Crippen MR) is 116 cm³/mol. The molecule has 4 rings (SSSR count). The van der Waals surface area contributed by atoms with Crippen LogP contribution in [-0.2, 0) is 17.6 Å². The Kier molecular flexibility index (Phi) is 6.43. The van der Waals surface area contributed by atoms with Crippen LogP contribution in [0.25, 0.3) is 0 Å². The average molecular weight is 465 g/mol. The lowest BCUT2D eigenvalue weighted by Gasteiger charge is -2.34. The van der Waals surface area contributed by atoms with Crippen LogP contribution in [0.4, 0.5) is 10.1 Å². The summed E-state index contributed by atoms with van der Waals surface area (Å²) in [5, 5.41) is 11.3. The summed E-state index contributed by atoms with van der Waals surface area (Å²) in [5.74, 6) is 0.0348. The number of nitro groups is 1. The predicted octanol–water partition coefficient (Wildman–Crippen LogP) is 3.82. The van der Waals surface area contributed by atoms with Gasteiger partial charge in [0.15, 0.2) is 5.82 Å². The minimum absolute atomic E-state index is 0.0157. The Morgan fingerprint density at radius 1 is 1.39 bits per heavy atom. The fourth-order valence-electron chi connectivity index (χ4n) is 5.24. The Balaban J connectivity index is 1.43. The number of amides is 1. The van der Waals surface area contributed by atoms with Crippen LogP contribution < -0.4 is 5.73 Å². The number of aryl methyl sites for hydroxylation is 1. The van der Waals surface area contributed by atoms with Crippen molar-refractivity contribution in [3.05, 3.63) is 62.9 Å². The summed E-state index contributed by atoms with van der Waals surface area (Å²) >= 11 is 7.66. The molecule has 2 aliphatic carbocycles. The minimum Gasteiger partial charge on any atom is -0.369 e. The van der Waals surface area contributed by atoms with Crippen LogP contribution in [0.2, 0.25) is 5.28 Å². The summed E-state index contributed by atoms with van der Waals surface area (Å²) in [4.78, 5) is 30.4. The van der Waals surface area contributed by atoms with Gasteiger partial charge in [0.05, 0.1) is 16.8 Å². The zero-order valence-electron chi connectivity index (χ0n) is 16.6. The monoisotopic (exact) mass is 464 g/mol. The summed E-state index contributed by atoms with van der Waals surface area (Å²) in [6.07, 6.45) is 3.89. The Morgan fingerprint density at radius 2 is 2.19 bits per heavy atom. The van der Waals surface area contributed by atoms with E-state index >= 15 is 0 Å². The van der Waals surface area contributed by atoms with Crippen molar-refractivity contribution in [1.82, 2.24) is 9.97 Å². The third-order valence-electron chi connectivity index (χ3n) is 6.50. The largest absolute Gasteiger partial charge is 0.369 e. The van der Waals surface area contributed by atoms with Crippen molar-refractivity contribution < 1.29 is 14.1 Å². The first-order valence-corrected chi connectivity index (χ1v) is 11.6. The molecule has 5 atom stereocenters. The van der Waals surface area contributed by atoms with Crippen molar-refractivity contribution in [2.45, 2.75) is 30.9 Å². The second-order valence-electron chi connectivity index (χ2n) is 8.21. The van der Waals surface area contributed by atoms with Crippen LogP contribution in [0.1, 0.15) is 24.1 Å². The molecule has 1 amide bonds. The van der Waals surface area contributed by atoms with Gasteiger partial charge in [-0.1, -0.05) is 12.1 Å². The lowest BCUT2D eigenvalue weighted by molar-refractivity contribution is -0.384. The van der Waals surface area contributed by atoms with Gasteiger partial charge in [0.25, 0.3) is 5.69 Å². The second-order valence-corrected chi connectivity index (χ2v) is 9.90. The van der Waals surface area contributed by atoms with Crippen molar-refractivity contribution in [2.75, 3.05) is 5.75 Å². The van der Waals surface area contributed by atoms with E-state index in [-0.39, 0.29) is 51.2 Å². The number of carbonyl (C=O) groups excluding carboxylic acids is 1. The number of halogens is 2. The van der Waals surface area contributed by atoms with E-state index in [1.54, 1.807) is 12.1 Å². The molecule has 2 aliphatic rings. The van der Waals surface area contributed by atoms with Gasteiger partial charge < -0.3 is 5.73 Å². The van der Waals surface area contributed by atoms with Crippen molar-refractivity contribution in [1.29, 1.82) is 0 Å². The normalized spacial score (nSPS) is 26.8. The number of nitro benzene ring substituents is 1. The molecule has 2 aromatic rings. The molecular weight excluding hydrogens is 443 g/mol. The molecule has 1 aromatic carbocycles. The van der Waals surface area contributed by atoms with Gasteiger partial charge in [0, 0.05) is 23.3 Å². The van der Waals surface area contributed by atoms with Crippen LogP contribution in [0.3, 0.4) is 0 Å². The van der Waals surface area contributed by atoms with E-state index in [0.717, 1.165) is 36.8 Å². The van der Waals surface area contributed by atoms with Crippen LogP contribution in [0, 0.1) is 39.6 Å². The number of carbonyl (C=O) groups is 1. The summed E-state index contributed by atoms with van der Waals surface area (Å²) in [5.41, 5.74) is 6.95. The van der Waals surface area contributed by atoms with Crippen molar-refractivity contribution in [3.63, 3.8) is 0 Å². The Bertz CT molecular complexity index is 1010. The second kappa shape index (κ2) is 9.08. The van der Waals surface area contributed by atoms with Crippen LogP contribution in [-0.4, -0.2) is 31.8 Å². The van der Waals surface area contributed by atoms with E-state index in [0.29, 0.717) is 11.7 Å². The maximum absolute atomic E-state index is 14.2. The summed E-state index contributed by atoms with van der Waals surface area (Å²) < 4.78 is 14.2. The van der Waals surface area contributed by atoms with Crippen LogP contribution in [0.15, 0.2) is 30.5 Å². The lowest BCUT2D eigenvalue weighted by atomic mass is 9.76. The van der Waals surface area contributed by atoms with Crippen molar-refractivity contribution in [3.8, 4) is 0 Å². The zero-order chi connectivity index (χ0) is 22.1. The molecule has 31 heavy (non-hydrogen) atoms. The van der Waals surface area contributed by atoms with E-state index in [9.17, 15) is 19.3 Å². The third-order valence-corrected chi connectivity index (χ3v) is 8.09. The maximum Gasteiger partial charge on any atom is 0.269 e. The number of non-ortho nitro benzene ring substituents is 1. The number of thioether (sulfide) groups is 1. The molecule has 7 nitrogen and oxygen atoms in total. The molecule has 2 fully saturated rings. The quantitative estimate of drug-likeness (QED) is 0.361. The van der Waals surface area contributed by atoms with E-state index in [2.05, 4.69) is 9.97 Å². The SMILES string of the molecule is NC(=O)[C@H]1[C@@H]2C[C@@H]([C@H]1Cc1nc(Cl)ncc1F)[C@H](SCCc1cccc([N+](=O)[O-])c1)C2. The molecule has 10 heteroatoms. The zero-order valence-corrected chi connectivity index (χ0v) is 18.2. The smallest absolute Gasteiger partial charge is 0.269 e. The van der Waals surface area contributed by atoms with Crippen LogP contribution in [0.5, 0.6) is 0 Å². The molecule has 164 valence electrons. The van der Waals surface area contributed by atoms with Gasteiger partial charge in [-0.15, -0.1) is 0 Å². The molecular formula is C21H22ClFN4O3S. The van der Waals surface area contributed by atoms with Gasteiger partial charge in [-0.25, -0.2) is 14.4 Å². The van der Waals surface area contributed by atoms with Gasteiger partial charge in [0.2, 0.25) is 11.2 Å². The highest BCUT2D eigenvalue weighted by atomic mass is 35.5. The number of rotatable bonds is 8. The summed E-state index contributed by atoms with van der Waals surface area (Å²) in [7, 11) is 0. The van der Waals surface area contributed by atoms with E-state index < -0.39 is 5.82 Å². The number of primary amides is 1. The van der Waals surface area contributed by atoms with Gasteiger partial charge in [-0.05, 0) is 66.4 Å². The van der Waals surface area contributed by atoms with Gasteiger partial charge >= 0.3 is 0 Å². The first kappa shape index (κ1) is 22.0. The Labute approximate surface area is 188 Å². The number of aromatic nitrogens is 2. The highest BCUT2D eigenvalue weighted by Crippen LogP contribution is 2.56. The highest BCUT2D eigenvalue weighted by molar-refractivity contribution is 7.99. The van der Waals surface area contributed by atoms with E-state index in [4.69, 9.17) is 17.3 Å². The maximum atomic E-state index is 14.2. The number of nitrogens with two attached hydrogens (primary N) is 1. The fourth-order valence-corrected chi connectivity index (χ4v) is 6.99. The number of hydrogen-bond acceptors (Lipinski definition) is 6. The number of nitrogens with zero attached hydrogens (tertiary/aromatic N) is 3. The highest BCUT2D eigenvalue weighted by Gasteiger charge is 2.54.